The average Bonchev–Trinajstić information content (AvgIpc) is 3.60. The summed E-state index contributed by atoms with van der Waals surface area (Å²) in [5.41, 5.74) is 9.24. The third-order valence-electron chi connectivity index (χ3n) is 10.0. The van der Waals surface area contributed by atoms with E-state index in [1.807, 2.05) is 6.20 Å². The second-order valence-corrected chi connectivity index (χ2v) is 18.2. The van der Waals surface area contributed by atoms with Crippen LogP contribution < -0.4 is 9.30 Å². The molecule has 0 atom stereocenters. The van der Waals surface area contributed by atoms with Crippen LogP contribution >= 0.6 is 0 Å². The van der Waals surface area contributed by atoms with Gasteiger partial charge in [-0.15, -0.1) is 0 Å². The van der Waals surface area contributed by atoms with Gasteiger partial charge in [0.25, 0.3) is 0 Å². The molecule has 0 aliphatic heterocycles. The first-order valence-corrected chi connectivity index (χ1v) is 18.2. The van der Waals surface area contributed by atoms with Gasteiger partial charge in [-0.2, -0.15) is 4.57 Å². The lowest BCUT2D eigenvalue weighted by Crippen LogP contribution is -2.49. The van der Waals surface area contributed by atoms with E-state index in [0.29, 0.717) is 0 Å². The van der Waals surface area contributed by atoms with E-state index in [-0.39, 0.29) is 21.8 Å². The maximum absolute atomic E-state index is 6.88. The van der Waals surface area contributed by atoms with E-state index in [1.54, 1.807) is 0 Å². The van der Waals surface area contributed by atoms with Crippen LogP contribution in [0.1, 0.15) is 99.8 Å². The van der Waals surface area contributed by atoms with E-state index in [0.717, 1.165) is 39.6 Å². The zero-order valence-electron chi connectivity index (χ0n) is 32.5. The van der Waals surface area contributed by atoms with Gasteiger partial charge >= 0.3 is 0 Å². The van der Waals surface area contributed by atoms with Gasteiger partial charge < -0.3 is 4.74 Å². The van der Waals surface area contributed by atoms with Crippen LogP contribution in [0.2, 0.25) is 0 Å². The van der Waals surface area contributed by atoms with Crippen molar-refractivity contribution in [2.24, 2.45) is 0 Å². The van der Waals surface area contributed by atoms with E-state index < -0.39 is 0 Å². The zero-order chi connectivity index (χ0) is 36.7. The summed E-state index contributed by atoms with van der Waals surface area (Å²) >= 11 is 0. The SMILES string of the molecule is CC(C)(C)c1cc(Oc2ccc3c4c(C(C)(C)C)cccc4n(-c4cc(C(C)(C)C)ccn4)c3c2)cc(-n2c[n+](C(C)(C)C)c3ccccc32)c1. The number of para-hydroxylation sites is 2. The Bertz CT molecular complexity index is 2430. The lowest BCUT2D eigenvalue weighted by molar-refractivity contribution is -0.731. The summed E-state index contributed by atoms with van der Waals surface area (Å²) in [5.74, 6) is 2.51. The molecule has 0 bridgehead atoms. The van der Waals surface area contributed by atoms with Crippen molar-refractivity contribution in [1.82, 2.24) is 14.1 Å². The molecule has 4 aromatic carbocycles. The lowest BCUT2D eigenvalue weighted by Gasteiger charge is -2.21. The van der Waals surface area contributed by atoms with Gasteiger partial charge in [0.1, 0.15) is 28.5 Å². The number of pyridine rings is 1. The van der Waals surface area contributed by atoms with Crippen LogP contribution in [-0.4, -0.2) is 14.1 Å². The van der Waals surface area contributed by atoms with Crippen LogP contribution in [-0.2, 0) is 21.8 Å². The number of fused-ring (bicyclic) bond motifs is 4. The Morgan fingerprint density at radius 2 is 1.29 bits per heavy atom. The summed E-state index contributed by atoms with van der Waals surface area (Å²) in [6.07, 6.45) is 4.17. The topological polar surface area (TPSA) is 35.9 Å². The van der Waals surface area contributed by atoms with Crippen LogP contribution in [0, 0.1) is 0 Å². The molecule has 0 amide bonds. The van der Waals surface area contributed by atoms with Crippen molar-refractivity contribution in [3.8, 4) is 23.0 Å². The van der Waals surface area contributed by atoms with E-state index in [1.165, 1.54) is 33.0 Å². The van der Waals surface area contributed by atoms with Crippen LogP contribution in [0.5, 0.6) is 11.5 Å². The summed E-state index contributed by atoms with van der Waals surface area (Å²) in [4.78, 5) is 4.95. The number of hydrogen-bond donors (Lipinski definition) is 0. The number of ether oxygens (including phenoxy) is 1. The molecule has 7 aromatic rings. The maximum atomic E-state index is 6.88. The Labute approximate surface area is 303 Å². The van der Waals surface area contributed by atoms with Gasteiger partial charge in [-0.25, -0.2) is 9.55 Å². The van der Waals surface area contributed by atoms with Gasteiger partial charge in [0, 0.05) is 29.1 Å². The summed E-state index contributed by atoms with van der Waals surface area (Å²) in [7, 11) is 0. The fourth-order valence-corrected chi connectivity index (χ4v) is 7.19. The van der Waals surface area contributed by atoms with Gasteiger partial charge in [0.2, 0.25) is 6.33 Å². The summed E-state index contributed by atoms with van der Waals surface area (Å²) in [6.45, 7) is 27.1. The quantitative estimate of drug-likeness (QED) is 0.174. The van der Waals surface area contributed by atoms with Crippen molar-refractivity contribution in [2.75, 3.05) is 0 Å². The van der Waals surface area contributed by atoms with Crippen molar-refractivity contribution >= 4 is 32.8 Å². The van der Waals surface area contributed by atoms with Crippen molar-refractivity contribution < 1.29 is 9.30 Å². The Morgan fingerprint density at radius 3 is 1.98 bits per heavy atom. The molecular weight excluding hydrogens is 625 g/mol. The van der Waals surface area contributed by atoms with Crippen LogP contribution in [0.25, 0.3) is 44.3 Å². The molecule has 262 valence electrons. The molecule has 7 rings (SSSR count). The number of hydrogen-bond acceptors (Lipinski definition) is 2. The molecule has 0 fully saturated rings. The summed E-state index contributed by atoms with van der Waals surface area (Å²) in [6, 6.07) is 32.9. The fraction of sp³-hybridized carbons (Fsp3) is 0.348. The number of rotatable bonds is 4. The van der Waals surface area contributed by atoms with Crippen molar-refractivity contribution in [3.63, 3.8) is 0 Å². The summed E-state index contributed by atoms with van der Waals surface area (Å²) < 4.78 is 13.8. The molecule has 0 saturated heterocycles. The molecule has 51 heavy (non-hydrogen) atoms. The molecule has 5 heteroatoms. The number of aromatic nitrogens is 4. The van der Waals surface area contributed by atoms with Gasteiger partial charge in [-0.1, -0.05) is 86.6 Å². The van der Waals surface area contributed by atoms with Gasteiger partial charge in [-0.05, 0) is 108 Å². The van der Waals surface area contributed by atoms with E-state index >= 15 is 0 Å². The molecule has 0 aliphatic carbocycles. The molecule has 0 radical (unpaired) electrons. The molecule has 0 unspecified atom stereocenters. The zero-order valence-corrected chi connectivity index (χ0v) is 32.5. The third kappa shape index (κ3) is 6.32. The van der Waals surface area contributed by atoms with Crippen molar-refractivity contribution in [1.29, 1.82) is 0 Å². The maximum Gasteiger partial charge on any atom is 0.250 e. The number of imidazole rings is 1. The van der Waals surface area contributed by atoms with Gasteiger partial charge in [0.15, 0.2) is 11.0 Å². The Morgan fingerprint density at radius 1 is 0.588 bits per heavy atom. The highest BCUT2D eigenvalue weighted by molar-refractivity contribution is 6.11. The second kappa shape index (κ2) is 11.8. The molecule has 0 saturated carbocycles. The molecule has 0 spiro atoms. The van der Waals surface area contributed by atoms with E-state index in [9.17, 15) is 0 Å². The smallest absolute Gasteiger partial charge is 0.250 e. The van der Waals surface area contributed by atoms with Crippen molar-refractivity contribution in [2.45, 2.75) is 105 Å². The van der Waals surface area contributed by atoms with Gasteiger partial charge in [-0.3, -0.25) is 4.57 Å². The average molecular weight is 678 g/mol. The molecular formula is C46H53N4O+. The minimum Gasteiger partial charge on any atom is -0.457 e. The van der Waals surface area contributed by atoms with Crippen LogP contribution in [0.15, 0.2) is 104 Å². The Balaban J connectivity index is 1.43. The molecule has 0 N–H and O–H groups in total. The normalized spacial score (nSPS) is 13.1. The van der Waals surface area contributed by atoms with E-state index in [2.05, 4.69) is 194 Å². The monoisotopic (exact) mass is 677 g/mol. The predicted molar refractivity (Wildman–Crippen MR) is 213 cm³/mol. The Hall–Kier alpha value is -4.90. The molecule has 0 aliphatic rings. The first-order chi connectivity index (χ1) is 23.8. The lowest BCUT2D eigenvalue weighted by atomic mass is 9.84. The fourth-order valence-electron chi connectivity index (χ4n) is 7.19. The van der Waals surface area contributed by atoms with Gasteiger partial charge in [0.05, 0.1) is 11.0 Å². The summed E-state index contributed by atoms with van der Waals surface area (Å²) in [5, 5.41) is 2.46. The molecule has 5 nitrogen and oxygen atoms in total. The highest BCUT2D eigenvalue weighted by atomic mass is 16.5. The highest BCUT2D eigenvalue weighted by Gasteiger charge is 2.28. The van der Waals surface area contributed by atoms with Crippen LogP contribution in [0.3, 0.4) is 0 Å². The number of benzene rings is 4. The molecule has 3 heterocycles. The molecule has 3 aromatic heterocycles. The minimum atomic E-state index is -0.0828. The van der Waals surface area contributed by atoms with Crippen LogP contribution in [0.4, 0.5) is 0 Å². The van der Waals surface area contributed by atoms with Crippen molar-refractivity contribution in [3.05, 3.63) is 120 Å². The minimum absolute atomic E-state index is 0.00569. The predicted octanol–water partition coefficient (Wildman–Crippen LogP) is 11.8. The second-order valence-electron chi connectivity index (χ2n) is 18.2. The highest BCUT2D eigenvalue weighted by Crippen LogP contribution is 2.41. The Kier molecular flexibility index (Phi) is 8.01. The third-order valence-corrected chi connectivity index (χ3v) is 10.0. The largest absolute Gasteiger partial charge is 0.457 e. The standard InChI is InChI=1S/C46H53N4O/c1-43(2,3)30-22-23-47-41(26-30)50-39-19-15-16-36(45(7,8)9)42(39)35-21-20-33(28-40(35)50)51-34-25-31(44(4,5)6)24-32(27-34)48-29-49(46(10,11)12)38-18-14-13-17-37(38)48/h13-29H,1-12H3/q+1. The first kappa shape index (κ1) is 34.5. The van der Waals surface area contributed by atoms with E-state index in [4.69, 9.17) is 9.72 Å². The number of nitrogens with zero attached hydrogens (tertiary/aromatic N) is 4. The first-order valence-electron chi connectivity index (χ1n) is 18.2.